The fourth-order valence-electron chi connectivity index (χ4n) is 0.870. The van der Waals surface area contributed by atoms with Gasteiger partial charge in [0.2, 0.25) is 0 Å². The van der Waals surface area contributed by atoms with E-state index in [-0.39, 0.29) is 0 Å². The first-order chi connectivity index (χ1) is 5.22. The van der Waals surface area contributed by atoms with Gasteiger partial charge in [0.15, 0.2) is 0 Å². The molecule has 0 aliphatic rings. The summed E-state index contributed by atoms with van der Waals surface area (Å²) < 4.78 is 0. The third-order valence-electron chi connectivity index (χ3n) is 1.65. The smallest absolute Gasteiger partial charge is 0.0279 e. The maximum Gasteiger partial charge on any atom is -0.0279 e. The predicted molar refractivity (Wildman–Crippen MR) is 52.6 cm³/mol. The molecule has 0 heterocycles. The molecule has 0 radical (unpaired) electrons. The summed E-state index contributed by atoms with van der Waals surface area (Å²) in [4.78, 5) is 0. The van der Waals surface area contributed by atoms with Crippen LogP contribution in [0.2, 0.25) is 0 Å². The molecule has 11 heavy (non-hydrogen) atoms. The van der Waals surface area contributed by atoms with Crippen LogP contribution < -0.4 is 0 Å². The minimum Gasteiger partial charge on any atom is -0.0953 e. The monoisotopic (exact) mass is 150 g/mol. The van der Waals surface area contributed by atoms with Crippen LogP contribution in [0.5, 0.6) is 0 Å². The zero-order valence-electron chi connectivity index (χ0n) is 7.69. The second kappa shape index (κ2) is 5.96. The first-order valence-corrected chi connectivity index (χ1v) is 4.22. The van der Waals surface area contributed by atoms with E-state index < -0.39 is 0 Å². The lowest BCUT2D eigenvalue weighted by Gasteiger charge is -2.02. The van der Waals surface area contributed by atoms with E-state index in [0.717, 1.165) is 12.0 Å². The average molecular weight is 150 g/mol. The van der Waals surface area contributed by atoms with Crippen molar-refractivity contribution in [3.8, 4) is 0 Å². The van der Waals surface area contributed by atoms with Crippen molar-refractivity contribution >= 4 is 0 Å². The van der Waals surface area contributed by atoms with E-state index in [1.807, 2.05) is 19.1 Å². The fraction of sp³-hybridized carbons (Fsp3) is 0.455. The molecule has 0 fully saturated rings. The van der Waals surface area contributed by atoms with Gasteiger partial charge >= 0.3 is 0 Å². The summed E-state index contributed by atoms with van der Waals surface area (Å²) in [6.45, 7) is 12.1. The molecule has 0 aromatic heterocycles. The average Bonchev–Trinajstić information content (AvgIpc) is 2.00. The Hall–Kier alpha value is -0.780. The van der Waals surface area contributed by atoms with Crippen LogP contribution >= 0.6 is 0 Å². The fourth-order valence-corrected chi connectivity index (χ4v) is 0.870. The van der Waals surface area contributed by atoms with Gasteiger partial charge in [0.05, 0.1) is 0 Å². The van der Waals surface area contributed by atoms with Crippen LogP contribution in [0.15, 0.2) is 36.5 Å². The molecule has 0 nitrogen and oxygen atoms in total. The SMILES string of the molecule is C=C(/C=C/C)C(=C)CCCC. The molecule has 0 N–H and O–H groups in total. The van der Waals surface area contributed by atoms with Crippen molar-refractivity contribution in [3.63, 3.8) is 0 Å². The first kappa shape index (κ1) is 10.2. The summed E-state index contributed by atoms with van der Waals surface area (Å²) >= 11 is 0. The van der Waals surface area contributed by atoms with Gasteiger partial charge in [-0.1, -0.05) is 38.7 Å². The Balaban J connectivity index is 3.74. The van der Waals surface area contributed by atoms with E-state index >= 15 is 0 Å². The highest BCUT2D eigenvalue weighted by molar-refractivity contribution is 5.34. The van der Waals surface area contributed by atoms with Crippen LogP contribution in [0.25, 0.3) is 0 Å². The Bertz CT molecular complexity index is 161. The zero-order chi connectivity index (χ0) is 8.69. The van der Waals surface area contributed by atoms with Crippen LogP contribution in [0, 0.1) is 0 Å². The third-order valence-corrected chi connectivity index (χ3v) is 1.65. The van der Waals surface area contributed by atoms with E-state index in [1.54, 1.807) is 0 Å². The molecule has 0 unspecified atom stereocenters. The van der Waals surface area contributed by atoms with E-state index in [1.165, 1.54) is 18.4 Å². The van der Waals surface area contributed by atoms with E-state index in [2.05, 4.69) is 20.1 Å². The highest BCUT2D eigenvalue weighted by Gasteiger charge is 1.94. The molecule has 0 aliphatic carbocycles. The van der Waals surface area contributed by atoms with E-state index in [4.69, 9.17) is 0 Å². The van der Waals surface area contributed by atoms with Crippen molar-refractivity contribution < 1.29 is 0 Å². The predicted octanol–water partition coefficient (Wildman–Crippen LogP) is 3.87. The number of hydrogen-bond acceptors (Lipinski definition) is 0. The highest BCUT2D eigenvalue weighted by Crippen LogP contribution is 2.13. The normalized spacial score (nSPS) is 10.4. The van der Waals surface area contributed by atoms with Gasteiger partial charge in [-0.25, -0.2) is 0 Å². The third kappa shape index (κ3) is 4.60. The summed E-state index contributed by atoms with van der Waals surface area (Å²) in [7, 11) is 0. The van der Waals surface area contributed by atoms with Crippen LogP contribution in [-0.4, -0.2) is 0 Å². The van der Waals surface area contributed by atoms with Gasteiger partial charge in [0.1, 0.15) is 0 Å². The van der Waals surface area contributed by atoms with E-state index in [9.17, 15) is 0 Å². The maximum absolute atomic E-state index is 3.96. The number of rotatable bonds is 5. The summed E-state index contributed by atoms with van der Waals surface area (Å²) in [5.74, 6) is 0. The van der Waals surface area contributed by atoms with Gasteiger partial charge in [-0.3, -0.25) is 0 Å². The maximum atomic E-state index is 3.96. The molecule has 0 spiro atoms. The lowest BCUT2D eigenvalue weighted by Crippen LogP contribution is -1.83. The Kier molecular flexibility index (Phi) is 5.54. The Morgan fingerprint density at radius 2 is 2.00 bits per heavy atom. The quantitative estimate of drug-likeness (QED) is 0.522. The van der Waals surface area contributed by atoms with Gasteiger partial charge in [0.25, 0.3) is 0 Å². The molecular formula is C11H18. The van der Waals surface area contributed by atoms with Crippen LogP contribution in [0.1, 0.15) is 33.1 Å². The largest absolute Gasteiger partial charge is 0.0953 e. The highest BCUT2D eigenvalue weighted by atomic mass is 14.0. The molecule has 0 rings (SSSR count). The van der Waals surface area contributed by atoms with Crippen molar-refractivity contribution in [3.05, 3.63) is 36.5 Å². The van der Waals surface area contributed by atoms with Gasteiger partial charge in [-0.15, -0.1) is 0 Å². The van der Waals surface area contributed by atoms with Gasteiger partial charge in [0, 0.05) is 0 Å². The van der Waals surface area contributed by atoms with Crippen LogP contribution in [-0.2, 0) is 0 Å². The summed E-state index contributed by atoms with van der Waals surface area (Å²) in [5, 5.41) is 0. The van der Waals surface area contributed by atoms with E-state index in [0.29, 0.717) is 0 Å². The van der Waals surface area contributed by atoms with Crippen molar-refractivity contribution in [1.82, 2.24) is 0 Å². The summed E-state index contributed by atoms with van der Waals surface area (Å²) in [6.07, 6.45) is 7.54. The van der Waals surface area contributed by atoms with Gasteiger partial charge < -0.3 is 0 Å². The molecule has 0 aromatic rings. The Morgan fingerprint density at radius 1 is 1.36 bits per heavy atom. The molecular weight excluding hydrogens is 132 g/mol. The number of unbranched alkanes of at least 4 members (excludes halogenated alkanes) is 1. The molecule has 0 atom stereocenters. The minimum absolute atomic E-state index is 1.07. The lowest BCUT2D eigenvalue weighted by molar-refractivity contribution is 0.796. The molecule has 0 bridgehead atoms. The standard InChI is InChI=1S/C11H18/c1-5-7-9-11(4)10(3)8-6-2/h6,8H,3-5,7,9H2,1-2H3/b8-6+. The van der Waals surface area contributed by atoms with Crippen molar-refractivity contribution in [1.29, 1.82) is 0 Å². The van der Waals surface area contributed by atoms with Crippen LogP contribution in [0.4, 0.5) is 0 Å². The molecule has 0 aliphatic heterocycles. The molecule has 0 aromatic carbocycles. The van der Waals surface area contributed by atoms with Crippen molar-refractivity contribution in [2.75, 3.05) is 0 Å². The van der Waals surface area contributed by atoms with Gasteiger partial charge in [-0.2, -0.15) is 0 Å². The van der Waals surface area contributed by atoms with Crippen molar-refractivity contribution in [2.45, 2.75) is 33.1 Å². The number of allylic oxidation sites excluding steroid dienone is 4. The first-order valence-electron chi connectivity index (χ1n) is 4.22. The second-order valence-corrected chi connectivity index (χ2v) is 2.73. The van der Waals surface area contributed by atoms with Crippen molar-refractivity contribution in [2.24, 2.45) is 0 Å². The second-order valence-electron chi connectivity index (χ2n) is 2.73. The molecule has 0 saturated heterocycles. The number of hydrogen-bond donors (Lipinski definition) is 0. The molecule has 62 valence electrons. The summed E-state index contributed by atoms with van der Waals surface area (Å²) in [6, 6.07) is 0. The topological polar surface area (TPSA) is 0 Å². The van der Waals surface area contributed by atoms with Gasteiger partial charge in [-0.05, 0) is 30.9 Å². The summed E-state index contributed by atoms with van der Waals surface area (Å²) in [5.41, 5.74) is 2.24. The Labute approximate surface area is 70.3 Å². The van der Waals surface area contributed by atoms with Crippen LogP contribution in [0.3, 0.4) is 0 Å². The molecule has 0 heteroatoms. The lowest BCUT2D eigenvalue weighted by atomic mass is 10.0. The molecule has 0 amide bonds. The minimum atomic E-state index is 1.07. The molecule has 0 saturated carbocycles. The zero-order valence-corrected chi connectivity index (χ0v) is 7.69. The Morgan fingerprint density at radius 3 is 2.45 bits per heavy atom.